The Hall–Kier alpha value is -3.61. The molecule has 134 valence electrons. The fraction of sp³-hybridized carbons (Fsp3) is 0.100. The van der Waals surface area contributed by atoms with E-state index in [0.717, 1.165) is 10.1 Å². The minimum atomic E-state index is -0.513. The zero-order chi connectivity index (χ0) is 18.8. The first-order valence-electron chi connectivity index (χ1n) is 8.36. The maximum Gasteiger partial charge on any atom is 0.333 e. The van der Waals surface area contributed by atoms with Gasteiger partial charge in [0.15, 0.2) is 11.2 Å². The Kier molecular flexibility index (Phi) is 4.33. The molecule has 7 heteroatoms. The van der Waals surface area contributed by atoms with Gasteiger partial charge in [-0.05, 0) is 23.3 Å². The van der Waals surface area contributed by atoms with E-state index < -0.39 is 17.1 Å². The van der Waals surface area contributed by atoms with E-state index in [9.17, 15) is 14.0 Å². The van der Waals surface area contributed by atoms with Crippen LogP contribution in [0.2, 0.25) is 0 Å². The first kappa shape index (κ1) is 16.8. The van der Waals surface area contributed by atoms with Gasteiger partial charge in [0.2, 0.25) is 0 Å². The molecular formula is C20H15FN4O2. The van der Waals surface area contributed by atoms with Crippen molar-refractivity contribution in [3.8, 4) is 0 Å². The fourth-order valence-electron chi connectivity index (χ4n) is 3.00. The number of halogens is 1. The van der Waals surface area contributed by atoms with Gasteiger partial charge in [-0.25, -0.2) is 19.2 Å². The summed E-state index contributed by atoms with van der Waals surface area (Å²) in [7, 11) is 0. The van der Waals surface area contributed by atoms with Gasteiger partial charge in [0, 0.05) is 12.4 Å². The first-order valence-corrected chi connectivity index (χ1v) is 8.36. The lowest BCUT2D eigenvalue weighted by molar-refractivity contribution is 0.612. The van der Waals surface area contributed by atoms with E-state index in [1.807, 2.05) is 30.3 Å². The van der Waals surface area contributed by atoms with Crippen molar-refractivity contribution >= 4 is 11.2 Å². The van der Waals surface area contributed by atoms with Gasteiger partial charge >= 0.3 is 5.69 Å². The molecule has 0 N–H and O–H groups in total. The van der Waals surface area contributed by atoms with Crippen molar-refractivity contribution in [1.29, 1.82) is 0 Å². The van der Waals surface area contributed by atoms with E-state index in [4.69, 9.17) is 0 Å². The number of nitrogens with zero attached hydrogens (tertiary/aromatic N) is 4. The predicted octanol–water partition coefficient (Wildman–Crippen LogP) is 2.19. The summed E-state index contributed by atoms with van der Waals surface area (Å²) in [6, 6.07) is 15.2. The third-order valence-corrected chi connectivity index (χ3v) is 4.26. The van der Waals surface area contributed by atoms with Crippen LogP contribution in [-0.4, -0.2) is 19.1 Å². The zero-order valence-corrected chi connectivity index (χ0v) is 14.2. The van der Waals surface area contributed by atoms with Gasteiger partial charge < -0.3 is 0 Å². The van der Waals surface area contributed by atoms with Gasteiger partial charge in [0.1, 0.15) is 5.82 Å². The Morgan fingerprint density at radius 2 is 1.52 bits per heavy atom. The molecule has 4 rings (SSSR count). The Morgan fingerprint density at radius 3 is 2.30 bits per heavy atom. The highest BCUT2D eigenvalue weighted by Gasteiger charge is 2.15. The van der Waals surface area contributed by atoms with Crippen molar-refractivity contribution in [2.75, 3.05) is 0 Å². The third-order valence-electron chi connectivity index (χ3n) is 4.26. The van der Waals surface area contributed by atoms with Crippen LogP contribution < -0.4 is 11.2 Å². The molecule has 0 saturated carbocycles. The van der Waals surface area contributed by atoms with Crippen LogP contribution in [0.5, 0.6) is 0 Å². The summed E-state index contributed by atoms with van der Waals surface area (Å²) < 4.78 is 16.0. The Balaban J connectivity index is 1.92. The van der Waals surface area contributed by atoms with Crippen LogP contribution in [0.15, 0.2) is 76.6 Å². The summed E-state index contributed by atoms with van der Waals surface area (Å²) in [6.45, 7) is 0.203. The minimum absolute atomic E-state index is 0.0842. The molecule has 0 saturated heterocycles. The molecule has 2 heterocycles. The highest BCUT2D eigenvalue weighted by molar-refractivity contribution is 5.68. The summed E-state index contributed by atoms with van der Waals surface area (Å²) in [5, 5.41) is 0. The molecule has 0 atom stereocenters. The van der Waals surface area contributed by atoms with Gasteiger partial charge in [-0.1, -0.05) is 42.5 Å². The van der Waals surface area contributed by atoms with E-state index in [1.165, 1.54) is 29.1 Å². The molecule has 0 radical (unpaired) electrons. The summed E-state index contributed by atoms with van der Waals surface area (Å²) in [5.74, 6) is -0.395. The Labute approximate surface area is 153 Å². The molecule has 0 fully saturated rings. The minimum Gasteiger partial charge on any atom is -0.272 e. The number of hydrogen-bond acceptors (Lipinski definition) is 4. The second-order valence-corrected chi connectivity index (χ2v) is 6.10. The quantitative estimate of drug-likeness (QED) is 0.558. The topological polar surface area (TPSA) is 69.8 Å². The summed E-state index contributed by atoms with van der Waals surface area (Å²) in [6.07, 6.45) is 2.83. The average Bonchev–Trinajstić information content (AvgIpc) is 2.69. The largest absolute Gasteiger partial charge is 0.333 e. The molecule has 0 bridgehead atoms. The molecular weight excluding hydrogens is 347 g/mol. The van der Waals surface area contributed by atoms with Crippen molar-refractivity contribution in [1.82, 2.24) is 19.1 Å². The standard InChI is InChI=1S/C20H15FN4O2/c21-16-8-4-7-15(11-16)13-24-18-17(22-9-10-23-18)19(26)25(20(24)27)12-14-5-2-1-3-6-14/h1-11H,12-13H2. The summed E-state index contributed by atoms with van der Waals surface area (Å²) >= 11 is 0. The summed E-state index contributed by atoms with van der Waals surface area (Å²) in [5.41, 5.74) is 0.681. The normalized spacial score (nSPS) is 11.0. The molecule has 2 aromatic carbocycles. The molecule has 0 unspecified atom stereocenters. The zero-order valence-electron chi connectivity index (χ0n) is 14.2. The molecule has 0 aliphatic carbocycles. The van der Waals surface area contributed by atoms with Gasteiger partial charge in [-0.2, -0.15) is 0 Å². The van der Waals surface area contributed by atoms with Crippen LogP contribution in [0, 0.1) is 5.82 Å². The highest BCUT2D eigenvalue weighted by Crippen LogP contribution is 2.09. The van der Waals surface area contributed by atoms with Crippen molar-refractivity contribution in [2.45, 2.75) is 13.1 Å². The number of aromatic nitrogens is 4. The lowest BCUT2D eigenvalue weighted by Gasteiger charge is -2.13. The van der Waals surface area contributed by atoms with Crippen molar-refractivity contribution in [3.05, 3.63) is 105 Å². The number of hydrogen-bond donors (Lipinski definition) is 0. The first-order chi connectivity index (χ1) is 13.1. The Morgan fingerprint density at radius 1 is 0.815 bits per heavy atom. The van der Waals surface area contributed by atoms with Crippen LogP contribution in [0.3, 0.4) is 0 Å². The Bertz CT molecular complexity index is 1230. The van der Waals surface area contributed by atoms with Crippen LogP contribution in [0.4, 0.5) is 4.39 Å². The van der Waals surface area contributed by atoms with E-state index in [1.54, 1.807) is 12.1 Å². The van der Waals surface area contributed by atoms with Crippen molar-refractivity contribution < 1.29 is 4.39 Å². The van der Waals surface area contributed by atoms with Gasteiger partial charge in [0.05, 0.1) is 13.1 Å². The fourth-order valence-corrected chi connectivity index (χ4v) is 3.00. The second-order valence-electron chi connectivity index (χ2n) is 6.10. The monoisotopic (exact) mass is 362 g/mol. The number of fused-ring (bicyclic) bond motifs is 1. The molecule has 4 aromatic rings. The maximum absolute atomic E-state index is 13.5. The number of benzene rings is 2. The lowest BCUT2D eigenvalue weighted by Crippen LogP contribution is -2.41. The molecule has 2 aromatic heterocycles. The van der Waals surface area contributed by atoms with Gasteiger partial charge in [-0.3, -0.25) is 13.9 Å². The maximum atomic E-state index is 13.5. The molecule has 0 aliphatic rings. The lowest BCUT2D eigenvalue weighted by atomic mass is 10.2. The van der Waals surface area contributed by atoms with Crippen LogP contribution in [-0.2, 0) is 13.1 Å². The third kappa shape index (κ3) is 3.27. The average molecular weight is 362 g/mol. The van der Waals surface area contributed by atoms with E-state index in [-0.39, 0.29) is 24.3 Å². The van der Waals surface area contributed by atoms with Crippen LogP contribution >= 0.6 is 0 Å². The van der Waals surface area contributed by atoms with Gasteiger partial charge in [-0.15, -0.1) is 0 Å². The van der Waals surface area contributed by atoms with E-state index in [0.29, 0.717) is 5.56 Å². The molecule has 0 amide bonds. The van der Waals surface area contributed by atoms with Crippen molar-refractivity contribution in [2.24, 2.45) is 0 Å². The molecule has 6 nitrogen and oxygen atoms in total. The summed E-state index contributed by atoms with van der Waals surface area (Å²) in [4.78, 5) is 34.1. The highest BCUT2D eigenvalue weighted by atomic mass is 19.1. The van der Waals surface area contributed by atoms with E-state index in [2.05, 4.69) is 9.97 Å². The predicted molar refractivity (Wildman–Crippen MR) is 99.1 cm³/mol. The van der Waals surface area contributed by atoms with E-state index >= 15 is 0 Å². The second kappa shape index (κ2) is 6.95. The van der Waals surface area contributed by atoms with Crippen LogP contribution in [0.25, 0.3) is 11.2 Å². The molecule has 27 heavy (non-hydrogen) atoms. The SMILES string of the molecule is O=c1c2nccnc2n(Cc2cccc(F)c2)c(=O)n1Cc1ccccc1. The van der Waals surface area contributed by atoms with Crippen molar-refractivity contribution in [3.63, 3.8) is 0 Å². The molecule has 0 spiro atoms. The van der Waals surface area contributed by atoms with Gasteiger partial charge in [0.25, 0.3) is 5.56 Å². The smallest absolute Gasteiger partial charge is 0.272 e. The number of rotatable bonds is 4. The molecule has 0 aliphatic heterocycles. The van der Waals surface area contributed by atoms with Crippen LogP contribution in [0.1, 0.15) is 11.1 Å².